The first-order valence-corrected chi connectivity index (χ1v) is 9.57. The summed E-state index contributed by atoms with van der Waals surface area (Å²) in [7, 11) is 0. The molecule has 25 heavy (non-hydrogen) atoms. The van der Waals surface area contributed by atoms with Crippen LogP contribution < -0.4 is 4.74 Å². The zero-order valence-electron chi connectivity index (χ0n) is 15.2. The average Bonchev–Trinajstić information content (AvgIpc) is 3.06. The quantitative estimate of drug-likeness (QED) is 0.743. The summed E-state index contributed by atoms with van der Waals surface area (Å²) in [5.41, 5.74) is 2.28. The summed E-state index contributed by atoms with van der Waals surface area (Å²) >= 11 is 5.98. The van der Waals surface area contributed by atoms with E-state index in [-0.39, 0.29) is 6.10 Å². The van der Waals surface area contributed by atoms with Crippen LogP contribution in [-0.4, -0.2) is 67.5 Å². The van der Waals surface area contributed by atoms with E-state index in [2.05, 4.69) is 21.9 Å². The number of ether oxygens (including phenoxy) is 1. The molecule has 0 aliphatic carbocycles. The van der Waals surface area contributed by atoms with E-state index in [1.54, 1.807) is 0 Å². The second-order valence-corrected chi connectivity index (χ2v) is 7.28. The number of nitrogens with zero attached hydrogens (tertiary/aromatic N) is 3. The van der Waals surface area contributed by atoms with Gasteiger partial charge in [0, 0.05) is 50.7 Å². The van der Waals surface area contributed by atoms with E-state index in [1.165, 1.54) is 5.71 Å². The van der Waals surface area contributed by atoms with E-state index >= 15 is 0 Å². The van der Waals surface area contributed by atoms with Gasteiger partial charge in [0.05, 0.1) is 5.71 Å². The molecular weight excluding hydrogens is 338 g/mol. The van der Waals surface area contributed by atoms with Crippen LogP contribution >= 0.6 is 11.6 Å². The van der Waals surface area contributed by atoms with Crippen LogP contribution in [0.15, 0.2) is 23.4 Å². The first-order chi connectivity index (χ1) is 12.1. The van der Waals surface area contributed by atoms with Crippen molar-refractivity contribution in [3.05, 3.63) is 28.8 Å². The molecule has 1 unspecified atom stereocenters. The van der Waals surface area contributed by atoms with Crippen molar-refractivity contribution < 1.29 is 9.57 Å². The molecular formula is C19H28ClN3O2. The highest BCUT2D eigenvalue weighted by atomic mass is 35.5. The standard InChI is InChI=1S/C19H28ClN3O2/c1-3-17-13-18(25-21-17)14-23-8-6-22(7-9-23)10-11-24-19-5-4-16(20)12-15(19)2/h4-5,12,18H,3,6-11,13-14H2,1-2H3. The third kappa shape index (κ3) is 5.33. The summed E-state index contributed by atoms with van der Waals surface area (Å²) in [6.07, 6.45) is 2.24. The highest BCUT2D eigenvalue weighted by Crippen LogP contribution is 2.21. The lowest BCUT2D eigenvalue weighted by atomic mass is 10.1. The number of aryl methyl sites for hydroxylation is 1. The van der Waals surface area contributed by atoms with Gasteiger partial charge in [-0.1, -0.05) is 23.7 Å². The Morgan fingerprint density at radius 1 is 1.24 bits per heavy atom. The Morgan fingerprint density at radius 3 is 2.68 bits per heavy atom. The lowest BCUT2D eigenvalue weighted by Crippen LogP contribution is -2.49. The Labute approximate surface area is 155 Å². The van der Waals surface area contributed by atoms with Crippen LogP contribution in [0.4, 0.5) is 0 Å². The van der Waals surface area contributed by atoms with Crippen LogP contribution in [-0.2, 0) is 4.84 Å². The molecule has 2 aliphatic heterocycles. The predicted molar refractivity (Wildman–Crippen MR) is 102 cm³/mol. The Morgan fingerprint density at radius 2 is 2.00 bits per heavy atom. The van der Waals surface area contributed by atoms with Crippen LogP contribution in [0.2, 0.25) is 5.02 Å². The second-order valence-electron chi connectivity index (χ2n) is 6.84. The van der Waals surface area contributed by atoms with Gasteiger partial charge in [0.2, 0.25) is 0 Å². The molecule has 1 aromatic rings. The summed E-state index contributed by atoms with van der Waals surface area (Å²) in [5.74, 6) is 0.924. The molecule has 2 aliphatic rings. The smallest absolute Gasteiger partial charge is 0.145 e. The summed E-state index contributed by atoms with van der Waals surface area (Å²) in [6.45, 7) is 11.1. The van der Waals surface area contributed by atoms with Crippen molar-refractivity contribution in [2.75, 3.05) is 45.9 Å². The number of rotatable bonds is 7. The fraction of sp³-hybridized carbons (Fsp3) is 0.632. The van der Waals surface area contributed by atoms with Gasteiger partial charge in [-0.3, -0.25) is 9.80 Å². The van der Waals surface area contributed by atoms with Gasteiger partial charge in [-0.2, -0.15) is 0 Å². The third-order valence-electron chi connectivity index (χ3n) is 4.93. The molecule has 0 N–H and O–H groups in total. The van der Waals surface area contributed by atoms with E-state index in [4.69, 9.17) is 21.2 Å². The maximum absolute atomic E-state index is 5.98. The van der Waals surface area contributed by atoms with Gasteiger partial charge >= 0.3 is 0 Å². The van der Waals surface area contributed by atoms with E-state index in [0.717, 1.165) is 68.4 Å². The van der Waals surface area contributed by atoms with Gasteiger partial charge in [-0.15, -0.1) is 0 Å². The molecule has 0 saturated carbocycles. The summed E-state index contributed by atoms with van der Waals surface area (Å²) in [4.78, 5) is 10.5. The van der Waals surface area contributed by atoms with Crippen LogP contribution in [0.5, 0.6) is 5.75 Å². The van der Waals surface area contributed by atoms with Crippen molar-refractivity contribution in [2.45, 2.75) is 32.8 Å². The largest absolute Gasteiger partial charge is 0.492 e. The van der Waals surface area contributed by atoms with Gasteiger partial charge in [0.25, 0.3) is 0 Å². The van der Waals surface area contributed by atoms with Crippen LogP contribution in [0.3, 0.4) is 0 Å². The molecule has 0 amide bonds. The monoisotopic (exact) mass is 365 g/mol. The number of hydrogen-bond donors (Lipinski definition) is 0. The molecule has 1 atom stereocenters. The Hall–Kier alpha value is -1.30. The van der Waals surface area contributed by atoms with Crippen molar-refractivity contribution in [1.82, 2.24) is 9.80 Å². The molecule has 1 fully saturated rings. The van der Waals surface area contributed by atoms with Crippen molar-refractivity contribution in [1.29, 1.82) is 0 Å². The van der Waals surface area contributed by atoms with Crippen LogP contribution in [0.1, 0.15) is 25.3 Å². The molecule has 1 aromatic carbocycles. The molecule has 138 valence electrons. The minimum absolute atomic E-state index is 0.248. The van der Waals surface area contributed by atoms with Gasteiger partial charge in [-0.25, -0.2) is 0 Å². The zero-order chi connectivity index (χ0) is 17.6. The number of oxime groups is 1. The first kappa shape index (κ1) is 18.5. The molecule has 2 heterocycles. The first-order valence-electron chi connectivity index (χ1n) is 9.19. The predicted octanol–water partition coefficient (Wildman–Crippen LogP) is 3.20. The third-order valence-corrected chi connectivity index (χ3v) is 5.17. The molecule has 1 saturated heterocycles. The fourth-order valence-electron chi connectivity index (χ4n) is 3.34. The number of hydrogen-bond acceptors (Lipinski definition) is 5. The van der Waals surface area contributed by atoms with E-state index in [1.807, 2.05) is 25.1 Å². The SMILES string of the molecule is CCC1=NOC(CN2CCN(CCOc3ccc(Cl)cc3C)CC2)C1. The maximum atomic E-state index is 5.98. The average molecular weight is 366 g/mol. The highest BCUT2D eigenvalue weighted by molar-refractivity contribution is 6.30. The number of piperazine rings is 1. The van der Waals surface area contributed by atoms with Gasteiger partial charge in [0.1, 0.15) is 18.5 Å². The molecule has 0 radical (unpaired) electrons. The van der Waals surface area contributed by atoms with Crippen molar-refractivity contribution in [3.8, 4) is 5.75 Å². The summed E-state index contributed by atoms with van der Waals surface area (Å²) < 4.78 is 5.90. The Balaban J connectivity index is 1.33. The molecule has 0 bridgehead atoms. The van der Waals surface area contributed by atoms with Crippen molar-refractivity contribution in [2.24, 2.45) is 5.16 Å². The number of halogens is 1. The maximum Gasteiger partial charge on any atom is 0.145 e. The lowest BCUT2D eigenvalue weighted by Gasteiger charge is -2.35. The molecule has 5 nitrogen and oxygen atoms in total. The summed E-state index contributed by atoms with van der Waals surface area (Å²) in [6, 6.07) is 5.76. The minimum Gasteiger partial charge on any atom is -0.492 e. The van der Waals surface area contributed by atoms with Crippen LogP contribution in [0, 0.1) is 6.92 Å². The minimum atomic E-state index is 0.248. The highest BCUT2D eigenvalue weighted by Gasteiger charge is 2.25. The Kier molecular flexibility index (Phi) is 6.57. The molecule has 3 rings (SSSR count). The molecule has 0 aromatic heterocycles. The Bertz CT molecular complexity index is 600. The molecule has 6 heteroatoms. The van der Waals surface area contributed by atoms with Crippen molar-refractivity contribution in [3.63, 3.8) is 0 Å². The van der Waals surface area contributed by atoms with E-state index in [9.17, 15) is 0 Å². The second kappa shape index (κ2) is 8.88. The summed E-state index contributed by atoms with van der Waals surface area (Å²) in [5, 5.41) is 4.91. The topological polar surface area (TPSA) is 37.3 Å². The fourth-order valence-corrected chi connectivity index (χ4v) is 3.56. The van der Waals surface area contributed by atoms with Gasteiger partial charge in [0.15, 0.2) is 0 Å². The van der Waals surface area contributed by atoms with Gasteiger partial charge in [-0.05, 0) is 37.1 Å². The molecule has 0 spiro atoms. The number of benzene rings is 1. The normalized spacial score (nSPS) is 21.9. The van der Waals surface area contributed by atoms with Gasteiger partial charge < -0.3 is 9.57 Å². The van der Waals surface area contributed by atoms with Crippen LogP contribution in [0.25, 0.3) is 0 Å². The lowest BCUT2D eigenvalue weighted by molar-refractivity contribution is 0.0332. The van der Waals surface area contributed by atoms with E-state index in [0.29, 0.717) is 6.61 Å². The van der Waals surface area contributed by atoms with E-state index < -0.39 is 0 Å². The van der Waals surface area contributed by atoms with Crippen molar-refractivity contribution >= 4 is 17.3 Å². The zero-order valence-corrected chi connectivity index (χ0v) is 16.0.